The van der Waals surface area contributed by atoms with Gasteiger partial charge in [0.15, 0.2) is 9.84 Å². The molecule has 1 saturated heterocycles. The predicted molar refractivity (Wildman–Crippen MR) is 64.2 cm³/mol. The van der Waals surface area contributed by atoms with E-state index in [1.807, 2.05) is 4.90 Å². The van der Waals surface area contributed by atoms with Gasteiger partial charge < -0.3 is 9.52 Å². The van der Waals surface area contributed by atoms with Crippen molar-refractivity contribution < 1.29 is 22.7 Å². The molecule has 0 saturated carbocycles. The molecule has 0 bridgehead atoms. The lowest BCUT2D eigenvalue weighted by Gasteiger charge is -2.17. The quantitative estimate of drug-likeness (QED) is 0.867. The Hall–Kier alpha value is -1.34. The van der Waals surface area contributed by atoms with E-state index in [0.29, 0.717) is 31.8 Å². The van der Waals surface area contributed by atoms with Gasteiger partial charge >= 0.3 is 5.97 Å². The molecule has 6 nitrogen and oxygen atoms in total. The molecule has 1 N–H and O–H groups in total. The molecular formula is C11H15NO5S. The van der Waals surface area contributed by atoms with E-state index >= 15 is 0 Å². The van der Waals surface area contributed by atoms with E-state index in [2.05, 4.69) is 0 Å². The van der Waals surface area contributed by atoms with Gasteiger partial charge in [-0.05, 0) is 19.0 Å². The van der Waals surface area contributed by atoms with E-state index in [1.165, 1.54) is 12.3 Å². The second-order valence-corrected chi connectivity index (χ2v) is 6.69. The summed E-state index contributed by atoms with van der Waals surface area (Å²) in [6.07, 6.45) is 1.81. The van der Waals surface area contributed by atoms with Crippen molar-refractivity contribution in [3.63, 3.8) is 0 Å². The molecule has 7 heteroatoms. The number of carboxylic acid groups (broad SMARTS) is 1. The van der Waals surface area contributed by atoms with Gasteiger partial charge in [0.25, 0.3) is 0 Å². The minimum absolute atomic E-state index is 0.118. The van der Waals surface area contributed by atoms with Gasteiger partial charge in [-0.25, -0.2) is 13.2 Å². The Morgan fingerprint density at radius 1 is 1.39 bits per heavy atom. The standard InChI is InChI=1S/C11H15NO5S/c13-11(14)9-6-10(17-8-9)7-12-2-1-4-18(15,16)5-3-12/h6,8H,1-5,7H2,(H,13,14). The lowest BCUT2D eigenvalue weighted by molar-refractivity contribution is 0.0696. The summed E-state index contributed by atoms with van der Waals surface area (Å²) in [4.78, 5) is 12.7. The van der Waals surface area contributed by atoms with Gasteiger partial charge in [0, 0.05) is 6.54 Å². The molecule has 100 valence electrons. The largest absolute Gasteiger partial charge is 0.478 e. The summed E-state index contributed by atoms with van der Waals surface area (Å²) < 4.78 is 28.0. The molecule has 0 atom stereocenters. The van der Waals surface area contributed by atoms with Gasteiger partial charge in [0.05, 0.1) is 23.6 Å². The van der Waals surface area contributed by atoms with Gasteiger partial charge in [-0.2, -0.15) is 0 Å². The van der Waals surface area contributed by atoms with E-state index in [-0.39, 0.29) is 17.1 Å². The van der Waals surface area contributed by atoms with E-state index in [9.17, 15) is 13.2 Å². The number of hydrogen-bond donors (Lipinski definition) is 1. The van der Waals surface area contributed by atoms with Gasteiger partial charge in [-0.15, -0.1) is 0 Å². The maximum atomic E-state index is 11.4. The van der Waals surface area contributed by atoms with Crippen LogP contribution < -0.4 is 0 Å². The summed E-state index contributed by atoms with van der Waals surface area (Å²) in [5.74, 6) is -0.100. The van der Waals surface area contributed by atoms with Crippen LogP contribution in [0.25, 0.3) is 0 Å². The SMILES string of the molecule is O=C(O)c1coc(CN2CCCS(=O)(=O)CC2)c1. The van der Waals surface area contributed by atoms with Gasteiger partial charge in [-0.1, -0.05) is 0 Å². The fourth-order valence-electron chi connectivity index (χ4n) is 1.94. The summed E-state index contributed by atoms with van der Waals surface area (Å²) in [5.41, 5.74) is 0.118. The second-order valence-electron chi connectivity index (χ2n) is 4.39. The zero-order chi connectivity index (χ0) is 13.2. The van der Waals surface area contributed by atoms with Crippen molar-refractivity contribution in [2.45, 2.75) is 13.0 Å². The average molecular weight is 273 g/mol. The number of aromatic carboxylic acids is 1. The Kier molecular flexibility index (Phi) is 3.72. The van der Waals surface area contributed by atoms with Crippen LogP contribution in [0.15, 0.2) is 16.7 Å². The number of furan rings is 1. The maximum Gasteiger partial charge on any atom is 0.338 e. The zero-order valence-corrected chi connectivity index (χ0v) is 10.6. The molecule has 18 heavy (non-hydrogen) atoms. The highest BCUT2D eigenvalue weighted by Crippen LogP contribution is 2.13. The van der Waals surface area contributed by atoms with Crippen LogP contribution in [-0.4, -0.2) is 49.0 Å². The Bertz CT molecular complexity index is 533. The van der Waals surface area contributed by atoms with Crippen LogP contribution in [0, 0.1) is 0 Å². The Labute approximate surface area is 105 Å². The third kappa shape index (κ3) is 3.33. The number of hydrogen-bond acceptors (Lipinski definition) is 5. The molecule has 2 heterocycles. The first kappa shape index (κ1) is 13.1. The second kappa shape index (κ2) is 5.11. The summed E-state index contributed by atoms with van der Waals surface area (Å²) >= 11 is 0. The van der Waals surface area contributed by atoms with Crippen molar-refractivity contribution >= 4 is 15.8 Å². The van der Waals surface area contributed by atoms with Crippen LogP contribution in [0.5, 0.6) is 0 Å². The monoisotopic (exact) mass is 273 g/mol. The number of carboxylic acids is 1. The summed E-state index contributed by atoms with van der Waals surface area (Å²) in [5, 5.41) is 8.76. The fourth-order valence-corrected chi connectivity index (χ4v) is 3.25. The van der Waals surface area contributed by atoms with Crippen molar-refractivity contribution in [3.8, 4) is 0 Å². The molecule has 2 rings (SSSR count). The topological polar surface area (TPSA) is 87.8 Å². The van der Waals surface area contributed by atoms with Crippen molar-refractivity contribution in [1.29, 1.82) is 0 Å². The minimum atomic E-state index is -2.92. The first-order valence-corrected chi connectivity index (χ1v) is 7.52. The molecule has 1 aromatic heterocycles. The van der Waals surface area contributed by atoms with Crippen molar-refractivity contribution in [3.05, 3.63) is 23.7 Å². The molecule has 0 aromatic carbocycles. The first-order chi connectivity index (χ1) is 8.46. The highest BCUT2D eigenvalue weighted by atomic mass is 32.2. The van der Waals surface area contributed by atoms with Crippen molar-refractivity contribution in [2.24, 2.45) is 0 Å². The molecule has 0 amide bonds. The zero-order valence-electron chi connectivity index (χ0n) is 9.83. The highest BCUT2D eigenvalue weighted by Gasteiger charge is 2.20. The number of nitrogens with zero attached hydrogens (tertiary/aromatic N) is 1. The molecule has 1 aliphatic rings. The molecule has 1 fully saturated rings. The molecular weight excluding hydrogens is 258 g/mol. The van der Waals surface area contributed by atoms with Gasteiger partial charge in [0.2, 0.25) is 0 Å². The summed E-state index contributed by atoms with van der Waals surface area (Å²) in [6, 6.07) is 1.47. The number of sulfone groups is 1. The highest BCUT2D eigenvalue weighted by molar-refractivity contribution is 7.91. The minimum Gasteiger partial charge on any atom is -0.478 e. The summed E-state index contributed by atoms with van der Waals surface area (Å²) in [6.45, 7) is 1.59. The third-order valence-corrected chi connectivity index (χ3v) is 4.64. The number of carbonyl (C=O) groups is 1. The lowest BCUT2D eigenvalue weighted by Crippen LogP contribution is -2.26. The lowest BCUT2D eigenvalue weighted by atomic mass is 10.3. The van der Waals surface area contributed by atoms with E-state index in [4.69, 9.17) is 9.52 Å². The van der Waals surface area contributed by atoms with Gasteiger partial charge in [-0.3, -0.25) is 4.90 Å². The van der Waals surface area contributed by atoms with Crippen LogP contribution >= 0.6 is 0 Å². The molecule has 1 aromatic rings. The maximum absolute atomic E-state index is 11.4. The molecule has 1 aliphatic heterocycles. The molecule has 0 unspecified atom stereocenters. The Morgan fingerprint density at radius 3 is 2.83 bits per heavy atom. The van der Waals surface area contributed by atoms with Crippen LogP contribution in [0.1, 0.15) is 22.5 Å². The van der Waals surface area contributed by atoms with Crippen LogP contribution in [0.3, 0.4) is 0 Å². The normalized spacial score (nSPS) is 20.4. The molecule has 0 spiro atoms. The van der Waals surface area contributed by atoms with Crippen LogP contribution in [0.4, 0.5) is 0 Å². The van der Waals surface area contributed by atoms with Crippen LogP contribution in [-0.2, 0) is 16.4 Å². The smallest absolute Gasteiger partial charge is 0.338 e. The third-order valence-electron chi connectivity index (χ3n) is 2.93. The first-order valence-electron chi connectivity index (χ1n) is 5.70. The van der Waals surface area contributed by atoms with Crippen molar-refractivity contribution in [2.75, 3.05) is 24.6 Å². The molecule has 0 aliphatic carbocycles. The summed E-state index contributed by atoms with van der Waals surface area (Å²) in [7, 11) is -2.92. The van der Waals surface area contributed by atoms with Gasteiger partial charge in [0.1, 0.15) is 12.0 Å². The molecule has 0 radical (unpaired) electrons. The van der Waals surface area contributed by atoms with Crippen LogP contribution in [0.2, 0.25) is 0 Å². The van der Waals surface area contributed by atoms with Crippen molar-refractivity contribution in [1.82, 2.24) is 4.90 Å². The predicted octanol–water partition coefficient (Wildman–Crippen LogP) is 0.598. The average Bonchev–Trinajstić information content (AvgIpc) is 2.67. The van der Waals surface area contributed by atoms with E-state index in [0.717, 1.165) is 0 Å². The Morgan fingerprint density at radius 2 is 2.17 bits per heavy atom. The number of rotatable bonds is 3. The Balaban J connectivity index is 1.98. The fraction of sp³-hybridized carbons (Fsp3) is 0.545. The van der Waals surface area contributed by atoms with E-state index < -0.39 is 15.8 Å². The van der Waals surface area contributed by atoms with E-state index in [1.54, 1.807) is 0 Å².